The molecule has 0 aliphatic carbocycles. The molecule has 0 saturated carbocycles. The van der Waals surface area contributed by atoms with Gasteiger partial charge < -0.3 is 15.7 Å². The second-order valence-corrected chi connectivity index (χ2v) is 4.47. The number of aliphatic hydroxyl groups is 1. The highest BCUT2D eigenvalue weighted by atomic mass is 32.2. The van der Waals surface area contributed by atoms with Crippen LogP contribution < -0.4 is 10.6 Å². The molecule has 0 rings (SSSR count). The van der Waals surface area contributed by atoms with Gasteiger partial charge in [-0.3, -0.25) is 0 Å². The number of rotatable bonds is 7. The van der Waals surface area contributed by atoms with E-state index in [-0.39, 0.29) is 18.7 Å². The van der Waals surface area contributed by atoms with Gasteiger partial charge in [-0.2, -0.15) is 11.8 Å². The first-order chi connectivity index (χ1) is 6.66. The van der Waals surface area contributed by atoms with E-state index in [1.807, 2.05) is 13.8 Å². The Bertz CT molecular complexity index is 154. The highest BCUT2D eigenvalue weighted by Crippen LogP contribution is 1.99. The molecule has 84 valence electrons. The highest BCUT2D eigenvalue weighted by molar-refractivity contribution is 7.99. The van der Waals surface area contributed by atoms with Crippen LogP contribution >= 0.6 is 11.8 Å². The van der Waals surface area contributed by atoms with E-state index in [0.717, 1.165) is 17.9 Å². The standard InChI is InChI=1S/C9H20N2O2S/c1-8(2)11-9(13)10-4-7-14-6-3-5-12/h8,12H,3-7H2,1-2H3,(H2,10,11,13). The summed E-state index contributed by atoms with van der Waals surface area (Å²) in [7, 11) is 0. The summed E-state index contributed by atoms with van der Waals surface area (Å²) >= 11 is 1.74. The van der Waals surface area contributed by atoms with Crippen molar-refractivity contribution in [2.75, 3.05) is 24.7 Å². The Morgan fingerprint density at radius 1 is 1.43 bits per heavy atom. The summed E-state index contributed by atoms with van der Waals surface area (Å²) in [6.07, 6.45) is 0.822. The molecule has 3 N–H and O–H groups in total. The number of amides is 2. The van der Waals surface area contributed by atoms with Crippen molar-refractivity contribution in [1.29, 1.82) is 0 Å². The van der Waals surface area contributed by atoms with Crippen LogP contribution in [0, 0.1) is 0 Å². The van der Waals surface area contributed by atoms with Gasteiger partial charge in [0.2, 0.25) is 0 Å². The van der Waals surface area contributed by atoms with E-state index in [4.69, 9.17) is 5.11 Å². The SMILES string of the molecule is CC(C)NC(=O)NCCSCCCO. The van der Waals surface area contributed by atoms with Crippen LogP contribution in [0.1, 0.15) is 20.3 Å². The lowest BCUT2D eigenvalue weighted by Gasteiger charge is -2.09. The maximum absolute atomic E-state index is 11.1. The third-order valence-corrected chi connectivity index (χ3v) is 2.47. The zero-order valence-corrected chi connectivity index (χ0v) is 9.69. The number of nitrogens with one attached hydrogen (secondary N) is 2. The summed E-state index contributed by atoms with van der Waals surface area (Å²) in [4.78, 5) is 11.1. The Kier molecular flexibility index (Phi) is 8.87. The van der Waals surface area contributed by atoms with Crippen LogP contribution in [0.25, 0.3) is 0 Å². The third kappa shape index (κ3) is 9.67. The number of carbonyl (C=O) groups is 1. The predicted octanol–water partition coefficient (Wildman–Crippen LogP) is 0.810. The van der Waals surface area contributed by atoms with Gasteiger partial charge in [-0.25, -0.2) is 4.79 Å². The van der Waals surface area contributed by atoms with Crippen molar-refractivity contribution in [3.63, 3.8) is 0 Å². The first-order valence-electron chi connectivity index (χ1n) is 4.89. The zero-order chi connectivity index (χ0) is 10.8. The molecular formula is C9H20N2O2S. The smallest absolute Gasteiger partial charge is 0.315 e. The van der Waals surface area contributed by atoms with Crippen molar-refractivity contribution in [1.82, 2.24) is 10.6 Å². The predicted molar refractivity (Wildman–Crippen MR) is 60.7 cm³/mol. The molecule has 0 aliphatic heterocycles. The summed E-state index contributed by atoms with van der Waals surface area (Å²) in [5.41, 5.74) is 0. The molecule has 14 heavy (non-hydrogen) atoms. The average molecular weight is 220 g/mol. The molecule has 0 fully saturated rings. The van der Waals surface area contributed by atoms with E-state index >= 15 is 0 Å². The van der Waals surface area contributed by atoms with Gasteiger partial charge in [-0.1, -0.05) is 0 Å². The number of hydrogen-bond donors (Lipinski definition) is 3. The minimum Gasteiger partial charge on any atom is -0.396 e. The van der Waals surface area contributed by atoms with E-state index < -0.39 is 0 Å². The number of hydrogen-bond acceptors (Lipinski definition) is 3. The van der Waals surface area contributed by atoms with Crippen molar-refractivity contribution >= 4 is 17.8 Å². The van der Waals surface area contributed by atoms with Gasteiger partial charge in [0.25, 0.3) is 0 Å². The fourth-order valence-electron chi connectivity index (χ4n) is 0.819. The van der Waals surface area contributed by atoms with Gasteiger partial charge in [0, 0.05) is 24.9 Å². The molecule has 0 aliphatic rings. The molecule has 0 aromatic carbocycles. The topological polar surface area (TPSA) is 61.4 Å². The number of carbonyl (C=O) groups excluding carboxylic acids is 1. The number of aliphatic hydroxyl groups excluding tert-OH is 1. The van der Waals surface area contributed by atoms with Crippen molar-refractivity contribution in [3.05, 3.63) is 0 Å². The molecule has 0 aromatic rings. The summed E-state index contributed by atoms with van der Waals surface area (Å²) in [5, 5.41) is 14.0. The number of thioether (sulfide) groups is 1. The third-order valence-electron chi connectivity index (χ3n) is 1.40. The van der Waals surface area contributed by atoms with Crippen LogP contribution in [-0.2, 0) is 0 Å². The van der Waals surface area contributed by atoms with Crippen LogP contribution in [0.2, 0.25) is 0 Å². The first kappa shape index (κ1) is 13.6. The molecule has 0 radical (unpaired) electrons. The minimum atomic E-state index is -0.109. The van der Waals surface area contributed by atoms with Gasteiger partial charge >= 0.3 is 6.03 Å². The van der Waals surface area contributed by atoms with Crippen LogP contribution in [0.15, 0.2) is 0 Å². The Labute approximate surface area is 89.8 Å². The largest absolute Gasteiger partial charge is 0.396 e. The molecule has 0 aromatic heterocycles. The zero-order valence-electron chi connectivity index (χ0n) is 8.88. The van der Waals surface area contributed by atoms with Crippen molar-refractivity contribution in [3.8, 4) is 0 Å². The molecule has 4 nitrogen and oxygen atoms in total. The molecule has 0 heterocycles. The van der Waals surface area contributed by atoms with Crippen LogP contribution in [0.4, 0.5) is 4.79 Å². The van der Waals surface area contributed by atoms with E-state index in [1.165, 1.54) is 0 Å². The highest BCUT2D eigenvalue weighted by Gasteiger charge is 2.00. The molecular weight excluding hydrogens is 200 g/mol. The number of urea groups is 1. The summed E-state index contributed by atoms with van der Waals surface area (Å²) in [6.45, 7) is 4.77. The van der Waals surface area contributed by atoms with E-state index in [1.54, 1.807) is 11.8 Å². The van der Waals surface area contributed by atoms with Crippen molar-refractivity contribution in [2.24, 2.45) is 0 Å². The van der Waals surface area contributed by atoms with E-state index in [9.17, 15) is 4.79 Å². The Morgan fingerprint density at radius 3 is 2.71 bits per heavy atom. The quantitative estimate of drug-likeness (QED) is 0.556. The summed E-state index contributed by atoms with van der Waals surface area (Å²) < 4.78 is 0. The molecule has 0 saturated heterocycles. The molecule has 0 atom stereocenters. The van der Waals surface area contributed by atoms with Gasteiger partial charge in [0.15, 0.2) is 0 Å². The second kappa shape index (κ2) is 9.15. The van der Waals surface area contributed by atoms with E-state index in [0.29, 0.717) is 6.54 Å². The van der Waals surface area contributed by atoms with Crippen LogP contribution in [-0.4, -0.2) is 41.8 Å². The van der Waals surface area contributed by atoms with Gasteiger partial charge in [-0.15, -0.1) is 0 Å². The minimum absolute atomic E-state index is 0.109. The molecule has 0 spiro atoms. The summed E-state index contributed by atoms with van der Waals surface area (Å²) in [6, 6.07) is 0.0693. The van der Waals surface area contributed by atoms with Crippen LogP contribution in [0.5, 0.6) is 0 Å². The van der Waals surface area contributed by atoms with Gasteiger partial charge in [0.1, 0.15) is 0 Å². The van der Waals surface area contributed by atoms with Crippen molar-refractivity contribution in [2.45, 2.75) is 26.3 Å². The molecule has 0 unspecified atom stereocenters. The normalized spacial score (nSPS) is 10.3. The maximum atomic E-state index is 11.1. The van der Waals surface area contributed by atoms with Crippen molar-refractivity contribution < 1.29 is 9.90 Å². The fraction of sp³-hybridized carbons (Fsp3) is 0.889. The monoisotopic (exact) mass is 220 g/mol. The Hall–Kier alpha value is -0.420. The molecule has 5 heteroatoms. The lowest BCUT2D eigenvalue weighted by atomic mass is 10.4. The molecule has 2 amide bonds. The lowest BCUT2D eigenvalue weighted by molar-refractivity contribution is 0.239. The molecule has 0 bridgehead atoms. The summed E-state index contributed by atoms with van der Waals surface area (Å²) in [5.74, 6) is 1.84. The maximum Gasteiger partial charge on any atom is 0.315 e. The van der Waals surface area contributed by atoms with Gasteiger partial charge in [-0.05, 0) is 26.0 Å². The van der Waals surface area contributed by atoms with E-state index in [2.05, 4.69) is 10.6 Å². The van der Waals surface area contributed by atoms with Crippen LogP contribution in [0.3, 0.4) is 0 Å². The lowest BCUT2D eigenvalue weighted by Crippen LogP contribution is -2.40. The Morgan fingerprint density at radius 2 is 2.14 bits per heavy atom. The first-order valence-corrected chi connectivity index (χ1v) is 6.05. The second-order valence-electron chi connectivity index (χ2n) is 3.24. The fourth-order valence-corrected chi connectivity index (χ4v) is 1.60. The van der Waals surface area contributed by atoms with Gasteiger partial charge in [0.05, 0.1) is 0 Å². The average Bonchev–Trinajstić information content (AvgIpc) is 2.10. The Balaban J connectivity index is 3.15.